The van der Waals surface area contributed by atoms with Gasteiger partial charge >= 0.3 is 0 Å². The summed E-state index contributed by atoms with van der Waals surface area (Å²) in [5.74, 6) is 1.88. The first-order valence-electron chi connectivity index (χ1n) is 7.22. The maximum Gasteiger partial charge on any atom is 0.243 e. The van der Waals surface area contributed by atoms with Crippen LogP contribution >= 0.6 is 35.7 Å². The normalized spacial score (nSPS) is 17.7. The van der Waals surface area contributed by atoms with Crippen LogP contribution in [0.5, 0.6) is 0 Å². The molecule has 1 aliphatic rings. The van der Waals surface area contributed by atoms with Crippen molar-refractivity contribution in [2.45, 2.75) is 18.6 Å². The molecule has 0 saturated carbocycles. The van der Waals surface area contributed by atoms with E-state index >= 15 is 0 Å². The van der Waals surface area contributed by atoms with Crippen LogP contribution < -0.4 is 5.32 Å². The summed E-state index contributed by atoms with van der Waals surface area (Å²) in [7, 11) is 5.17. The first-order valence-corrected chi connectivity index (χ1v) is 8.20. The summed E-state index contributed by atoms with van der Waals surface area (Å²) in [6.45, 7) is 7.83. The van der Waals surface area contributed by atoms with E-state index in [4.69, 9.17) is 4.74 Å². The molecule has 1 N–H and O–H groups in total. The van der Waals surface area contributed by atoms with Crippen molar-refractivity contribution in [1.29, 1.82) is 0 Å². The van der Waals surface area contributed by atoms with Crippen molar-refractivity contribution < 1.29 is 9.53 Å². The highest BCUT2D eigenvalue weighted by Crippen LogP contribution is 2.29. The van der Waals surface area contributed by atoms with Gasteiger partial charge in [0.25, 0.3) is 0 Å². The van der Waals surface area contributed by atoms with Gasteiger partial charge in [-0.3, -0.25) is 4.79 Å². The molecule has 1 fully saturated rings. The second-order valence-corrected chi connectivity index (χ2v) is 7.68. The Morgan fingerprint density at radius 3 is 2.68 bits per heavy atom. The average molecular weight is 444 g/mol. The van der Waals surface area contributed by atoms with Crippen molar-refractivity contribution in [3.8, 4) is 0 Å². The highest BCUT2D eigenvalue weighted by molar-refractivity contribution is 14.0. The zero-order valence-electron chi connectivity index (χ0n) is 14.2. The third kappa shape index (κ3) is 7.87. The van der Waals surface area contributed by atoms with Crippen LogP contribution in [0, 0.1) is 0 Å². The first-order chi connectivity index (χ1) is 9.85. The minimum atomic E-state index is 0. The molecular formula is C14H29IN4O2S. The van der Waals surface area contributed by atoms with Gasteiger partial charge in [0.1, 0.15) is 6.54 Å². The minimum Gasteiger partial charge on any atom is -0.383 e. The Balaban J connectivity index is 0.00000441. The molecule has 0 aromatic rings. The molecule has 1 amide bonds. The number of aliphatic imine (C=N–C) groups is 1. The number of carbonyl (C=O) groups is 1. The van der Waals surface area contributed by atoms with E-state index in [-0.39, 0.29) is 41.2 Å². The molecule has 8 heteroatoms. The third-order valence-corrected chi connectivity index (χ3v) is 4.47. The second-order valence-electron chi connectivity index (χ2n) is 5.88. The van der Waals surface area contributed by atoms with Gasteiger partial charge in [-0.2, -0.15) is 11.8 Å². The van der Waals surface area contributed by atoms with Crippen molar-refractivity contribution in [2.24, 2.45) is 4.99 Å². The lowest BCUT2D eigenvalue weighted by Gasteiger charge is -2.39. The summed E-state index contributed by atoms with van der Waals surface area (Å²) in [5.41, 5.74) is 0. The Kier molecular flexibility index (Phi) is 10.4. The summed E-state index contributed by atoms with van der Waals surface area (Å²) in [4.78, 5) is 20.0. The molecule has 22 heavy (non-hydrogen) atoms. The molecule has 0 aromatic carbocycles. The number of likely N-dealkylation sites (N-methyl/N-ethyl adjacent to an activating group) is 1. The number of rotatable bonds is 5. The number of nitrogens with zero attached hydrogens (tertiary/aromatic N) is 3. The van der Waals surface area contributed by atoms with Crippen molar-refractivity contribution in [2.75, 3.05) is 59.7 Å². The summed E-state index contributed by atoms with van der Waals surface area (Å²) < 4.78 is 5.27. The van der Waals surface area contributed by atoms with E-state index in [1.54, 1.807) is 26.1 Å². The topological polar surface area (TPSA) is 57.2 Å². The number of guanidine groups is 1. The smallest absolute Gasteiger partial charge is 0.243 e. The maximum atomic E-state index is 11.7. The minimum absolute atomic E-state index is 0. The highest BCUT2D eigenvalue weighted by atomic mass is 127. The number of hydrogen-bond donors (Lipinski definition) is 1. The van der Waals surface area contributed by atoms with Gasteiger partial charge in [0.2, 0.25) is 5.91 Å². The zero-order chi connectivity index (χ0) is 15.9. The van der Waals surface area contributed by atoms with E-state index < -0.39 is 0 Å². The van der Waals surface area contributed by atoms with Gasteiger partial charge in [-0.25, -0.2) is 4.99 Å². The number of amides is 1. The summed E-state index contributed by atoms with van der Waals surface area (Å²) in [6, 6.07) is 0. The number of nitrogens with one attached hydrogen (secondary N) is 1. The van der Waals surface area contributed by atoms with Gasteiger partial charge < -0.3 is 19.9 Å². The van der Waals surface area contributed by atoms with Crippen LogP contribution in [0.2, 0.25) is 0 Å². The molecule has 1 aliphatic heterocycles. The fourth-order valence-electron chi connectivity index (χ4n) is 2.01. The van der Waals surface area contributed by atoms with Crippen LogP contribution in [0.25, 0.3) is 0 Å². The van der Waals surface area contributed by atoms with E-state index in [0.29, 0.717) is 13.2 Å². The van der Waals surface area contributed by atoms with Crippen LogP contribution in [0.3, 0.4) is 0 Å². The summed E-state index contributed by atoms with van der Waals surface area (Å²) >= 11 is 1.97. The lowest BCUT2D eigenvalue weighted by molar-refractivity contribution is -0.127. The first kappa shape index (κ1) is 21.8. The van der Waals surface area contributed by atoms with Crippen LogP contribution in [0.4, 0.5) is 0 Å². The monoisotopic (exact) mass is 444 g/mol. The predicted octanol–water partition coefficient (Wildman–Crippen LogP) is 1.11. The lowest BCUT2D eigenvalue weighted by Crippen LogP contribution is -2.51. The van der Waals surface area contributed by atoms with Gasteiger partial charge in [-0.15, -0.1) is 24.0 Å². The fraction of sp³-hybridized carbons (Fsp3) is 0.857. The number of thioether (sulfide) groups is 1. The molecule has 0 bridgehead atoms. The standard InChI is InChI=1S/C14H28N4O2S.HI/c1-14(2)11-18(7-9-21-14)13(15-6-8-20-5)16-10-12(19)17(3)4;/h6-11H2,1-5H3,(H,15,16);1H. The Labute approximate surface area is 155 Å². The fourth-order valence-corrected chi connectivity index (χ4v) is 3.13. The summed E-state index contributed by atoms with van der Waals surface area (Å²) in [5, 5.41) is 3.29. The van der Waals surface area contributed by atoms with Gasteiger partial charge in [-0.05, 0) is 13.8 Å². The molecule has 0 aromatic heterocycles. The zero-order valence-corrected chi connectivity index (χ0v) is 17.4. The molecule has 1 rings (SSSR count). The molecule has 0 spiro atoms. The molecule has 1 saturated heterocycles. The van der Waals surface area contributed by atoms with Crippen LogP contribution in [0.1, 0.15) is 13.8 Å². The van der Waals surface area contributed by atoms with Crippen molar-refractivity contribution >= 4 is 47.6 Å². The van der Waals surface area contributed by atoms with Crippen molar-refractivity contribution in [3.63, 3.8) is 0 Å². The molecule has 0 atom stereocenters. The number of methoxy groups -OCH3 is 1. The molecule has 0 radical (unpaired) electrons. The number of ether oxygens (including phenoxy) is 1. The molecule has 130 valence electrons. The number of hydrogen-bond acceptors (Lipinski definition) is 4. The molecule has 1 heterocycles. The maximum absolute atomic E-state index is 11.7. The molecule has 6 nitrogen and oxygen atoms in total. The molecular weight excluding hydrogens is 415 g/mol. The second kappa shape index (κ2) is 10.5. The van der Waals surface area contributed by atoms with E-state index in [2.05, 4.69) is 29.1 Å². The van der Waals surface area contributed by atoms with E-state index in [1.165, 1.54) is 0 Å². The highest BCUT2D eigenvalue weighted by Gasteiger charge is 2.28. The third-order valence-electron chi connectivity index (χ3n) is 3.18. The van der Waals surface area contributed by atoms with Gasteiger partial charge in [0.05, 0.1) is 6.61 Å². The van der Waals surface area contributed by atoms with Gasteiger partial charge in [-0.1, -0.05) is 0 Å². The lowest BCUT2D eigenvalue weighted by atomic mass is 10.2. The Hall–Kier alpha value is -0.220. The number of halogens is 1. The largest absolute Gasteiger partial charge is 0.383 e. The van der Waals surface area contributed by atoms with Gasteiger partial charge in [0, 0.05) is 51.3 Å². The van der Waals surface area contributed by atoms with E-state index in [9.17, 15) is 4.79 Å². The Morgan fingerprint density at radius 2 is 2.14 bits per heavy atom. The molecule has 0 unspecified atom stereocenters. The summed E-state index contributed by atoms with van der Waals surface area (Å²) in [6.07, 6.45) is 0. The van der Waals surface area contributed by atoms with Crippen LogP contribution in [-0.4, -0.2) is 86.2 Å². The average Bonchev–Trinajstić information content (AvgIpc) is 2.41. The van der Waals surface area contributed by atoms with E-state index in [1.807, 2.05) is 11.8 Å². The molecule has 0 aliphatic carbocycles. The van der Waals surface area contributed by atoms with Gasteiger partial charge in [0.15, 0.2) is 5.96 Å². The predicted molar refractivity (Wildman–Crippen MR) is 104 cm³/mol. The number of carbonyl (C=O) groups excluding carboxylic acids is 1. The van der Waals surface area contributed by atoms with Crippen molar-refractivity contribution in [3.05, 3.63) is 0 Å². The quantitative estimate of drug-likeness (QED) is 0.298. The SMILES string of the molecule is COCCNC(=NCC(=O)N(C)C)N1CCSC(C)(C)C1.I. The van der Waals surface area contributed by atoms with E-state index in [0.717, 1.165) is 24.8 Å². The van der Waals surface area contributed by atoms with Crippen LogP contribution in [0.15, 0.2) is 4.99 Å². The van der Waals surface area contributed by atoms with Crippen LogP contribution in [-0.2, 0) is 9.53 Å². The Morgan fingerprint density at radius 1 is 1.45 bits per heavy atom. The van der Waals surface area contributed by atoms with Crippen molar-refractivity contribution in [1.82, 2.24) is 15.1 Å². The Bertz CT molecular complexity index is 378.